The number of anilines is 1. The zero-order valence-corrected chi connectivity index (χ0v) is 13.5. The highest BCUT2D eigenvalue weighted by Gasteiger charge is 2.15. The zero-order chi connectivity index (χ0) is 17.1. The Bertz CT molecular complexity index is 983. The Morgan fingerprint density at radius 1 is 0.920 bits per heavy atom. The van der Waals surface area contributed by atoms with Gasteiger partial charge in [-0.25, -0.2) is 15.0 Å². The molecular weight excluding hydrogens is 314 g/mol. The molecule has 0 aliphatic heterocycles. The lowest BCUT2D eigenvalue weighted by atomic mass is 10.2. The Hall–Kier alpha value is -3.25. The molecule has 0 saturated heterocycles. The van der Waals surface area contributed by atoms with Crippen molar-refractivity contribution >= 4 is 17.0 Å². The van der Waals surface area contributed by atoms with Crippen LogP contribution < -0.4 is 5.32 Å². The second-order valence-electron chi connectivity index (χ2n) is 5.53. The summed E-state index contributed by atoms with van der Waals surface area (Å²) < 4.78 is 1.94. The largest absolute Gasteiger partial charge is 0.395 e. The van der Waals surface area contributed by atoms with Gasteiger partial charge in [0.1, 0.15) is 6.33 Å². The van der Waals surface area contributed by atoms with Crippen molar-refractivity contribution in [3.8, 4) is 17.1 Å². The summed E-state index contributed by atoms with van der Waals surface area (Å²) in [5.74, 6) is 1.24. The summed E-state index contributed by atoms with van der Waals surface area (Å²) in [6.45, 7) is 0.421. The average Bonchev–Trinajstić information content (AvgIpc) is 3.11. The van der Waals surface area contributed by atoms with Gasteiger partial charge in [0.25, 0.3) is 0 Å². The van der Waals surface area contributed by atoms with E-state index in [0.717, 1.165) is 16.9 Å². The van der Waals surface area contributed by atoms with Gasteiger partial charge in [-0.3, -0.25) is 4.57 Å². The number of nitrogens with one attached hydrogen (secondary N) is 1. The fourth-order valence-electron chi connectivity index (χ4n) is 2.69. The van der Waals surface area contributed by atoms with E-state index in [9.17, 15) is 0 Å². The zero-order valence-electron chi connectivity index (χ0n) is 13.5. The van der Waals surface area contributed by atoms with Crippen molar-refractivity contribution in [1.29, 1.82) is 0 Å². The van der Waals surface area contributed by atoms with Crippen LogP contribution in [0.3, 0.4) is 0 Å². The van der Waals surface area contributed by atoms with E-state index in [0.29, 0.717) is 23.7 Å². The number of aliphatic hydroxyl groups excluding tert-OH is 1. The van der Waals surface area contributed by atoms with Gasteiger partial charge in [-0.05, 0) is 12.1 Å². The van der Waals surface area contributed by atoms with Crippen LogP contribution in [0.5, 0.6) is 0 Å². The van der Waals surface area contributed by atoms with Gasteiger partial charge in [-0.15, -0.1) is 0 Å². The van der Waals surface area contributed by atoms with Gasteiger partial charge in [0, 0.05) is 17.8 Å². The van der Waals surface area contributed by atoms with Gasteiger partial charge < -0.3 is 10.4 Å². The number of hydrogen-bond donors (Lipinski definition) is 2. The van der Waals surface area contributed by atoms with Crippen molar-refractivity contribution in [2.24, 2.45) is 0 Å². The van der Waals surface area contributed by atoms with Crippen molar-refractivity contribution in [3.63, 3.8) is 0 Å². The summed E-state index contributed by atoms with van der Waals surface area (Å²) in [4.78, 5) is 13.8. The van der Waals surface area contributed by atoms with E-state index in [1.807, 2.05) is 65.2 Å². The van der Waals surface area contributed by atoms with Crippen molar-refractivity contribution in [2.45, 2.75) is 0 Å². The summed E-state index contributed by atoms with van der Waals surface area (Å²) in [6, 6.07) is 19.8. The molecule has 2 N–H and O–H groups in total. The van der Waals surface area contributed by atoms with E-state index >= 15 is 0 Å². The van der Waals surface area contributed by atoms with Crippen molar-refractivity contribution in [2.75, 3.05) is 18.5 Å². The van der Waals surface area contributed by atoms with Crippen LogP contribution in [0.25, 0.3) is 28.2 Å². The minimum Gasteiger partial charge on any atom is -0.395 e. The smallest absolute Gasteiger partial charge is 0.170 e. The molecule has 0 radical (unpaired) electrons. The number of imidazole rings is 1. The Balaban J connectivity index is 1.92. The molecular formula is C19H17N5O. The van der Waals surface area contributed by atoms with Crippen LogP contribution in [0, 0.1) is 0 Å². The maximum absolute atomic E-state index is 9.14. The second-order valence-corrected chi connectivity index (χ2v) is 5.53. The SMILES string of the molecule is OCCNc1nc(-c2ccccc2)nc2c1ncn2-c1ccccc1. The van der Waals surface area contributed by atoms with Gasteiger partial charge in [-0.1, -0.05) is 48.5 Å². The van der Waals surface area contributed by atoms with E-state index in [1.165, 1.54) is 0 Å². The number of aliphatic hydroxyl groups is 1. The molecule has 2 heterocycles. The quantitative estimate of drug-likeness (QED) is 0.588. The topological polar surface area (TPSA) is 75.9 Å². The third kappa shape index (κ3) is 2.95. The third-order valence-corrected chi connectivity index (χ3v) is 3.87. The van der Waals surface area contributed by atoms with Crippen LogP contribution in [0.15, 0.2) is 67.0 Å². The lowest BCUT2D eigenvalue weighted by molar-refractivity contribution is 0.311. The van der Waals surface area contributed by atoms with Gasteiger partial charge in [0.2, 0.25) is 0 Å². The van der Waals surface area contributed by atoms with Crippen molar-refractivity contribution in [1.82, 2.24) is 19.5 Å². The Labute approximate surface area is 144 Å². The number of rotatable bonds is 5. The first kappa shape index (κ1) is 15.3. The maximum Gasteiger partial charge on any atom is 0.170 e. The highest BCUT2D eigenvalue weighted by Crippen LogP contribution is 2.25. The highest BCUT2D eigenvalue weighted by atomic mass is 16.3. The summed E-state index contributed by atoms with van der Waals surface area (Å²) in [5.41, 5.74) is 3.31. The maximum atomic E-state index is 9.14. The number of para-hydroxylation sites is 1. The minimum atomic E-state index is 0.0194. The number of hydrogen-bond acceptors (Lipinski definition) is 5. The lowest BCUT2D eigenvalue weighted by Gasteiger charge is -2.09. The normalized spacial score (nSPS) is 10.9. The predicted octanol–water partition coefficient (Wildman–Crippen LogP) is 2.89. The Morgan fingerprint density at radius 3 is 2.36 bits per heavy atom. The number of fused-ring (bicyclic) bond motifs is 1. The second kappa shape index (κ2) is 6.70. The van der Waals surface area contributed by atoms with Crippen LogP contribution >= 0.6 is 0 Å². The van der Waals surface area contributed by atoms with Crippen LogP contribution in [-0.4, -0.2) is 37.8 Å². The number of aromatic nitrogens is 4. The molecule has 0 amide bonds. The van der Waals surface area contributed by atoms with Crippen LogP contribution in [0.1, 0.15) is 0 Å². The third-order valence-electron chi connectivity index (χ3n) is 3.87. The monoisotopic (exact) mass is 331 g/mol. The van der Waals surface area contributed by atoms with E-state index in [1.54, 1.807) is 6.33 Å². The summed E-state index contributed by atoms with van der Waals surface area (Å²) in [7, 11) is 0. The molecule has 0 bridgehead atoms. The van der Waals surface area contributed by atoms with Gasteiger partial charge >= 0.3 is 0 Å². The molecule has 6 nitrogen and oxygen atoms in total. The molecule has 0 unspecified atom stereocenters. The van der Waals surface area contributed by atoms with Gasteiger partial charge in [0.15, 0.2) is 22.8 Å². The predicted molar refractivity (Wildman–Crippen MR) is 97.7 cm³/mol. The molecule has 0 spiro atoms. The molecule has 0 aliphatic rings. The lowest BCUT2D eigenvalue weighted by Crippen LogP contribution is -2.09. The standard InChI is InChI=1S/C19H17N5O/c25-12-11-20-18-16-19(23-17(22-18)14-7-3-1-4-8-14)24(13-21-16)15-9-5-2-6-10-15/h1-10,13,25H,11-12H2,(H,20,22,23). The van der Waals surface area contributed by atoms with E-state index in [2.05, 4.69) is 15.3 Å². The van der Waals surface area contributed by atoms with Crippen LogP contribution in [0.2, 0.25) is 0 Å². The van der Waals surface area contributed by atoms with E-state index in [4.69, 9.17) is 10.1 Å². The molecule has 2 aromatic carbocycles. The molecule has 0 atom stereocenters. The molecule has 124 valence electrons. The fourth-order valence-corrected chi connectivity index (χ4v) is 2.69. The van der Waals surface area contributed by atoms with Crippen molar-refractivity contribution < 1.29 is 5.11 Å². The highest BCUT2D eigenvalue weighted by molar-refractivity contribution is 5.86. The Morgan fingerprint density at radius 2 is 1.64 bits per heavy atom. The molecule has 0 fully saturated rings. The van der Waals surface area contributed by atoms with E-state index in [-0.39, 0.29) is 6.61 Å². The molecule has 6 heteroatoms. The average molecular weight is 331 g/mol. The minimum absolute atomic E-state index is 0.0194. The first-order valence-electron chi connectivity index (χ1n) is 8.07. The van der Waals surface area contributed by atoms with Gasteiger partial charge in [-0.2, -0.15) is 0 Å². The van der Waals surface area contributed by atoms with Crippen molar-refractivity contribution in [3.05, 3.63) is 67.0 Å². The van der Waals surface area contributed by atoms with Gasteiger partial charge in [0.05, 0.1) is 6.61 Å². The number of nitrogens with zero attached hydrogens (tertiary/aromatic N) is 4. The molecule has 2 aromatic heterocycles. The first-order valence-corrected chi connectivity index (χ1v) is 8.07. The molecule has 0 aliphatic carbocycles. The Kier molecular flexibility index (Phi) is 4.10. The molecule has 0 saturated carbocycles. The molecule has 25 heavy (non-hydrogen) atoms. The molecule has 4 aromatic rings. The first-order chi connectivity index (χ1) is 12.4. The van der Waals surface area contributed by atoms with Crippen LogP contribution in [0.4, 0.5) is 5.82 Å². The van der Waals surface area contributed by atoms with E-state index < -0.39 is 0 Å². The summed E-state index contributed by atoms with van der Waals surface area (Å²) >= 11 is 0. The van der Waals surface area contributed by atoms with Crippen LogP contribution in [-0.2, 0) is 0 Å². The molecule has 4 rings (SSSR count). The fraction of sp³-hybridized carbons (Fsp3) is 0.105. The summed E-state index contributed by atoms with van der Waals surface area (Å²) in [5, 5.41) is 12.3. The summed E-state index contributed by atoms with van der Waals surface area (Å²) in [6.07, 6.45) is 1.74. The number of benzene rings is 2.